The number of amides is 3. The van der Waals surface area contributed by atoms with Crippen LogP contribution in [0.25, 0.3) is 0 Å². The molecule has 0 radical (unpaired) electrons. The molecule has 8 heteroatoms. The first kappa shape index (κ1) is 18.7. The van der Waals surface area contributed by atoms with Crippen LogP contribution in [0.3, 0.4) is 0 Å². The lowest BCUT2D eigenvalue weighted by Gasteiger charge is -2.32. The van der Waals surface area contributed by atoms with Crippen molar-refractivity contribution in [2.24, 2.45) is 11.3 Å². The van der Waals surface area contributed by atoms with Gasteiger partial charge >= 0.3 is 0 Å². The van der Waals surface area contributed by atoms with E-state index in [-0.39, 0.29) is 36.2 Å². The van der Waals surface area contributed by atoms with Gasteiger partial charge in [0.15, 0.2) is 6.10 Å². The normalized spacial score (nSPS) is 31.1. The summed E-state index contributed by atoms with van der Waals surface area (Å²) in [7, 11) is 0. The van der Waals surface area contributed by atoms with Crippen LogP contribution in [0.4, 0.5) is 0 Å². The Hall–Kier alpha value is -1.67. The van der Waals surface area contributed by atoms with Gasteiger partial charge in [-0.15, -0.1) is 0 Å². The van der Waals surface area contributed by atoms with E-state index in [1.54, 1.807) is 0 Å². The highest BCUT2D eigenvalue weighted by molar-refractivity contribution is 5.86. The Morgan fingerprint density at radius 3 is 2.59 bits per heavy atom. The maximum atomic E-state index is 12.8. The van der Waals surface area contributed by atoms with Gasteiger partial charge in [-0.2, -0.15) is 0 Å². The zero-order valence-corrected chi connectivity index (χ0v) is 15.6. The zero-order valence-electron chi connectivity index (χ0n) is 15.6. The van der Waals surface area contributed by atoms with Crippen molar-refractivity contribution >= 4 is 17.7 Å². The van der Waals surface area contributed by atoms with Crippen molar-refractivity contribution in [3.8, 4) is 0 Å². The average molecular weight is 378 g/mol. The van der Waals surface area contributed by atoms with Gasteiger partial charge in [0.05, 0.1) is 12.1 Å². The van der Waals surface area contributed by atoms with Crippen molar-refractivity contribution in [3.05, 3.63) is 0 Å². The summed E-state index contributed by atoms with van der Waals surface area (Å²) in [5.74, 6) is -0.997. The second-order valence-corrected chi connectivity index (χ2v) is 8.82. The summed E-state index contributed by atoms with van der Waals surface area (Å²) in [6.07, 6.45) is 5.70. The second-order valence-electron chi connectivity index (χ2n) is 8.82. The molecule has 2 heterocycles. The van der Waals surface area contributed by atoms with Gasteiger partial charge < -0.3 is 26.4 Å². The topological polar surface area (TPSA) is 120 Å². The van der Waals surface area contributed by atoms with E-state index in [2.05, 4.69) is 21.3 Å². The van der Waals surface area contributed by atoms with Crippen molar-refractivity contribution in [1.29, 1.82) is 0 Å². The molecule has 4 aliphatic rings. The van der Waals surface area contributed by atoms with E-state index in [9.17, 15) is 19.5 Å². The number of aliphatic hydroxyl groups is 1. The van der Waals surface area contributed by atoms with Crippen molar-refractivity contribution < 1.29 is 19.5 Å². The van der Waals surface area contributed by atoms with Gasteiger partial charge in [0.25, 0.3) is 5.91 Å². The summed E-state index contributed by atoms with van der Waals surface area (Å²) in [6, 6.07) is -0.920. The molecule has 5 N–H and O–H groups in total. The van der Waals surface area contributed by atoms with Crippen LogP contribution in [-0.4, -0.2) is 60.1 Å². The summed E-state index contributed by atoms with van der Waals surface area (Å²) in [4.78, 5) is 37.1. The molecule has 8 nitrogen and oxygen atoms in total. The van der Waals surface area contributed by atoms with Gasteiger partial charge in [-0.3, -0.25) is 14.4 Å². The largest absolute Gasteiger partial charge is 0.381 e. The van der Waals surface area contributed by atoms with E-state index < -0.39 is 18.1 Å². The monoisotopic (exact) mass is 378 g/mol. The van der Waals surface area contributed by atoms with Crippen LogP contribution in [0, 0.1) is 11.3 Å². The minimum absolute atomic E-state index is 0.0724. The Labute approximate surface area is 159 Å². The predicted molar refractivity (Wildman–Crippen MR) is 97.5 cm³/mol. The molecular formula is C19H30N4O4. The molecule has 4 atom stereocenters. The van der Waals surface area contributed by atoms with Crippen LogP contribution in [-0.2, 0) is 14.4 Å². The highest BCUT2D eigenvalue weighted by Crippen LogP contribution is 2.53. The number of nitrogens with one attached hydrogen (secondary N) is 4. The van der Waals surface area contributed by atoms with Crippen LogP contribution < -0.4 is 21.3 Å². The smallest absolute Gasteiger partial charge is 0.251 e. The summed E-state index contributed by atoms with van der Waals surface area (Å²) in [5.41, 5.74) is 0.316. The van der Waals surface area contributed by atoms with E-state index in [0.717, 1.165) is 32.2 Å². The predicted octanol–water partition coefficient (Wildman–Crippen LogP) is -0.831. The van der Waals surface area contributed by atoms with E-state index >= 15 is 0 Å². The third-order valence-corrected chi connectivity index (χ3v) is 6.56. The molecule has 4 fully saturated rings. The van der Waals surface area contributed by atoms with Gasteiger partial charge in [0.2, 0.25) is 11.8 Å². The lowest BCUT2D eigenvalue weighted by Crippen LogP contribution is -2.57. The Morgan fingerprint density at radius 1 is 1.19 bits per heavy atom. The molecule has 1 spiro atoms. The third kappa shape index (κ3) is 4.43. The Balaban J connectivity index is 1.40. The van der Waals surface area contributed by atoms with Gasteiger partial charge in [0, 0.05) is 18.5 Å². The molecule has 1 unspecified atom stereocenters. The molecule has 27 heavy (non-hydrogen) atoms. The van der Waals surface area contributed by atoms with Crippen molar-refractivity contribution in [1.82, 2.24) is 21.3 Å². The summed E-state index contributed by atoms with van der Waals surface area (Å²) in [6.45, 7) is 1.42. The SMILES string of the molecule is O=C(NC1CC1)C(O)[C@H](C[C@@H]1CCNC1=O)NC(=O)[C@@H]1CC2(CCN1)CC2. The first-order chi connectivity index (χ1) is 13.0. The first-order valence-electron chi connectivity index (χ1n) is 10.3. The number of hydrogen-bond donors (Lipinski definition) is 5. The lowest BCUT2D eigenvalue weighted by molar-refractivity contribution is -0.134. The third-order valence-electron chi connectivity index (χ3n) is 6.56. The first-order valence-corrected chi connectivity index (χ1v) is 10.3. The minimum Gasteiger partial charge on any atom is -0.381 e. The average Bonchev–Trinajstić information content (AvgIpc) is 3.57. The molecule has 2 saturated carbocycles. The fourth-order valence-electron chi connectivity index (χ4n) is 4.36. The van der Waals surface area contributed by atoms with Gasteiger partial charge in [0.1, 0.15) is 0 Å². The highest BCUT2D eigenvalue weighted by atomic mass is 16.3. The van der Waals surface area contributed by atoms with Gasteiger partial charge in [-0.25, -0.2) is 0 Å². The molecule has 2 saturated heterocycles. The molecular weight excluding hydrogens is 348 g/mol. The van der Waals surface area contributed by atoms with Crippen LogP contribution in [0.5, 0.6) is 0 Å². The van der Waals surface area contributed by atoms with Crippen LogP contribution in [0.1, 0.15) is 51.4 Å². The van der Waals surface area contributed by atoms with Crippen LogP contribution in [0.15, 0.2) is 0 Å². The van der Waals surface area contributed by atoms with E-state index in [4.69, 9.17) is 0 Å². The van der Waals surface area contributed by atoms with E-state index in [1.165, 1.54) is 12.8 Å². The van der Waals surface area contributed by atoms with Crippen molar-refractivity contribution in [2.75, 3.05) is 13.1 Å². The van der Waals surface area contributed by atoms with Crippen molar-refractivity contribution in [2.45, 2.75) is 75.6 Å². The van der Waals surface area contributed by atoms with E-state index in [1.807, 2.05) is 0 Å². The maximum absolute atomic E-state index is 12.8. The Kier molecular flexibility index (Phi) is 5.11. The molecule has 4 rings (SSSR count). The zero-order chi connectivity index (χ0) is 19.0. The number of hydrogen-bond acceptors (Lipinski definition) is 5. The van der Waals surface area contributed by atoms with Crippen LogP contribution in [0.2, 0.25) is 0 Å². The molecule has 2 aliphatic heterocycles. The standard InChI is InChI=1S/C19H30N4O4/c24-15(18(27)22-12-1-2-12)13(9-11-3-7-21-16(11)25)23-17(26)14-10-19(4-5-19)6-8-20-14/h11-15,20,24H,1-10H2,(H,21,25)(H,22,27)(H,23,26)/t11-,13-,14-,15?/m0/s1. The fraction of sp³-hybridized carbons (Fsp3) is 0.842. The van der Waals surface area contributed by atoms with Gasteiger partial charge in [-0.1, -0.05) is 0 Å². The van der Waals surface area contributed by atoms with Crippen molar-refractivity contribution in [3.63, 3.8) is 0 Å². The van der Waals surface area contributed by atoms with Crippen LogP contribution >= 0.6 is 0 Å². The quantitative estimate of drug-likeness (QED) is 0.396. The Morgan fingerprint density at radius 2 is 1.96 bits per heavy atom. The van der Waals surface area contributed by atoms with Gasteiger partial charge in [-0.05, 0) is 63.3 Å². The molecule has 3 amide bonds. The maximum Gasteiger partial charge on any atom is 0.251 e. The fourth-order valence-corrected chi connectivity index (χ4v) is 4.36. The number of carbonyl (C=O) groups excluding carboxylic acids is 3. The minimum atomic E-state index is -1.35. The number of aliphatic hydroxyl groups excluding tert-OH is 1. The number of carbonyl (C=O) groups is 3. The molecule has 150 valence electrons. The summed E-state index contributed by atoms with van der Waals surface area (Å²) < 4.78 is 0. The molecule has 0 aromatic heterocycles. The molecule has 0 bridgehead atoms. The molecule has 2 aliphatic carbocycles. The second kappa shape index (κ2) is 7.39. The Bertz CT molecular complexity index is 617. The lowest BCUT2D eigenvalue weighted by atomic mass is 9.88. The highest BCUT2D eigenvalue weighted by Gasteiger charge is 2.47. The summed E-state index contributed by atoms with van der Waals surface area (Å²) in [5, 5.41) is 22.3. The number of rotatable bonds is 7. The molecule has 0 aromatic rings. The van der Waals surface area contributed by atoms with E-state index in [0.29, 0.717) is 18.4 Å². The molecule has 0 aromatic carbocycles. The number of piperidine rings is 1. The summed E-state index contributed by atoms with van der Waals surface area (Å²) >= 11 is 0.